The zero-order chi connectivity index (χ0) is 16.2. The van der Waals surface area contributed by atoms with Gasteiger partial charge in [-0.25, -0.2) is 9.97 Å². The molecule has 3 rings (SSSR count). The molecule has 1 saturated heterocycles. The second-order valence-electron chi connectivity index (χ2n) is 5.69. The van der Waals surface area contributed by atoms with Gasteiger partial charge in [0.05, 0.1) is 13.2 Å². The second kappa shape index (κ2) is 6.75. The highest BCUT2D eigenvalue weighted by Gasteiger charge is 2.15. The molecule has 2 heterocycles. The number of carbonyl (C=O) groups is 1. The summed E-state index contributed by atoms with van der Waals surface area (Å²) in [6.07, 6.45) is 1.43. The molecule has 1 aliphatic rings. The molecule has 0 atom stereocenters. The number of nitrogens with one attached hydrogen (secondary N) is 1. The maximum atomic E-state index is 12.4. The van der Waals surface area contributed by atoms with E-state index in [1.165, 1.54) is 6.33 Å². The van der Waals surface area contributed by atoms with Gasteiger partial charge < -0.3 is 15.0 Å². The molecule has 0 aliphatic carbocycles. The molecule has 1 aromatic heterocycles. The Kier molecular flexibility index (Phi) is 4.52. The number of aryl methyl sites for hydroxylation is 2. The van der Waals surface area contributed by atoms with Gasteiger partial charge in [0.25, 0.3) is 5.91 Å². The van der Waals surface area contributed by atoms with Crippen LogP contribution in [0.4, 0.5) is 11.5 Å². The van der Waals surface area contributed by atoms with Crippen molar-refractivity contribution >= 4 is 17.4 Å². The van der Waals surface area contributed by atoms with Gasteiger partial charge >= 0.3 is 0 Å². The van der Waals surface area contributed by atoms with Gasteiger partial charge in [0.2, 0.25) is 0 Å². The van der Waals surface area contributed by atoms with Crippen LogP contribution in [0, 0.1) is 13.8 Å². The summed E-state index contributed by atoms with van der Waals surface area (Å²) in [4.78, 5) is 22.9. The number of aromatic nitrogens is 2. The van der Waals surface area contributed by atoms with E-state index < -0.39 is 0 Å². The molecule has 2 aromatic rings. The van der Waals surface area contributed by atoms with Crippen molar-refractivity contribution in [2.45, 2.75) is 13.8 Å². The molecular weight excluding hydrogens is 292 g/mol. The maximum absolute atomic E-state index is 12.4. The third-order valence-electron chi connectivity index (χ3n) is 3.70. The first-order valence-corrected chi connectivity index (χ1v) is 7.66. The summed E-state index contributed by atoms with van der Waals surface area (Å²) in [6, 6.07) is 7.67. The zero-order valence-electron chi connectivity index (χ0n) is 13.4. The van der Waals surface area contributed by atoms with Gasteiger partial charge in [-0.3, -0.25) is 4.79 Å². The van der Waals surface area contributed by atoms with Crippen molar-refractivity contribution in [1.29, 1.82) is 0 Å². The molecule has 6 nitrogen and oxygen atoms in total. The van der Waals surface area contributed by atoms with Crippen molar-refractivity contribution < 1.29 is 9.53 Å². The summed E-state index contributed by atoms with van der Waals surface area (Å²) in [7, 11) is 0. The van der Waals surface area contributed by atoms with Gasteiger partial charge in [-0.2, -0.15) is 0 Å². The molecule has 0 saturated carbocycles. The summed E-state index contributed by atoms with van der Waals surface area (Å²) in [5.41, 5.74) is 3.36. The topological polar surface area (TPSA) is 67.4 Å². The first-order valence-electron chi connectivity index (χ1n) is 7.66. The van der Waals surface area contributed by atoms with E-state index in [-0.39, 0.29) is 5.91 Å². The van der Waals surface area contributed by atoms with Gasteiger partial charge in [-0.05, 0) is 37.1 Å². The molecule has 1 aliphatic heterocycles. The number of anilines is 2. The maximum Gasteiger partial charge on any atom is 0.274 e. The van der Waals surface area contributed by atoms with Crippen molar-refractivity contribution in [3.8, 4) is 0 Å². The zero-order valence-corrected chi connectivity index (χ0v) is 13.4. The first-order chi connectivity index (χ1) is 11.1. The normalized spacial score (nSPS) is 14.6. The predicted octanol–water partition coefficient (Wildman–Crippen LogP) is 2.18. The molecule has 0 spiro atoms. The Morgan fingerprint density at radius 2 is 1.78 bits per heavy atom. The van der Waals surface area contributed by atoms with Gasteiger partial charge in [0, 0.05) is 24.8 Å². The summed E-state index contributed by atoms with van der Waals surface area (Å²) in [5, 5.41) is 2.90. The Hall–Kier alpha value is -2.47. The molecule has 1 amide bonds. The van der Waals surface area contributed by atoms with Gasteiger partial charge in [0.15, 0.2) is 0 Å². The molecule has 1 aromatic carbocycles. The van der Waals surface area contributed by atoms with E-state index in [9.17, 15) is 4.79 Å². The lowest BCUT2D eigenvalue weighted by Gasteiger charge is -2.27. The SMILES string of the molecule is Cc1cc(C)cc(NC(=O)c2cc(N3CCOCC3)ncn2)c1. The van der Waals surface area contributed by atoms with Crippen LogP contribution < -0.4 is 10.2 Å². The van der Waals surface area contributed by atoms with Crippen LogP contribution in [0.15, 0.2) is 30.6 Å². The van der Waals surface area contributed by atoms with Gasteiger partial charge in [-0.15, -0.1) is 0 Å². The monoisotopic (exact) mass is 312 g/mol. The van der Waals surface area contributed by atoms with Crippen LogP contribution >= 0.6 is 0 Å². The first kappa shape index (κ1) is 15.4. The lowest BCUT2D eigenvalue weighted by Crippen LogP contribution is -2.37. The lowest BCUT2D eigenvalue weighted by atomic mass is 10.1. The lowest BCUT2D eigenvalue weighted by molar-refractivity contribution is 0.102. The highest BCUT2D eigenvalue weighted by molar-refractivity contribution is 6.03. The Bertz CT molecular complexity index is 691. The number of ether oxygens (including phenoxy) is 1. The Labute approximate surface area is 135 Å². The number of hydrogen-bond donors (Lipinski definition) is 1. The summed E-state index contributed by atoms with van der Waals surface area (Å²) < 4.78 is 5.34. The minimum Gasteiger partial charge on any atom is -0.378 e. The number of hydrogen-bond acceptors (Lipinski definition) is 5. The highest BCUT2D eigenvalue weighted by Crippen LogP contribution is 2.16. The highest BCUT2D eigenvalue weighted by atomic mass is 16.5. The van der Waals surface area contributed by atoms with Crippen molar-refractivity contribution in [2.24, 2.45) is 0 Å². The minimum absolute atomic E-state index is 0.230. The Morgan fingerprint density at radius 1 is 1.09 bits per heavy atom. The van der Waals surface area contributed by atoms with E-state index >= 15 is 0 Å². The predicted molar refractivity (Wildman–Crippen MR) is 88.9 cm³/mol. The number of morpholine rings is 1. The summed E-state index contributed by atoms with van der Waals surface area (Å²) >= 11 is 0. The number of benzene rings is 1. The largest absolute Gasteiger partial charge is 0.378 e. The van der Waals surface area contributed by atoms with Crippen LogP contribution in [0.1, 0.15) is 21.6 Å². The van der Waals surface area contributed by atoms with E-state index in [1.807, 2.05) is 26.0 Å². The number of carbonyl (C=O) groups excluding carboxylic acids is 1. The summed E-state index contributed by atoms with van der Waals surface area (Å²) in [6.45, 7) is 6.90. The van der Waals surface area contributed by atoms with Crippen molar-refractivity contribution in [1.82, 2.24) is 9.97 Å². The van der Waals surface area contributed by atoms with Crippen molar-refractivity contribution in [3.05, 3.63) is 47.4 Å². The fraction of sp³-hybridized carbons (Fsp3) is 0.353. The van der Waals surface area contributed by atoms with Crippen molar-refractivity contribution in [3.63, 3.8) is 0 Å². The molecule has 0 bridgehead atoms. The van der Waals surface area contributed by atoms with E-state index in [1.54, 1.807) is 6.07 Å². The van der Waals surface area contributed by atoms with Crippen LogP contribution in [-0.2, 0) is 4.74 Å². The molecule has 0 unspecified atom stereocenters. The van der Waals surface area contributed by atoms with E-state index in [2.05, 4.69) is 26.3 Å². The number of nitrogens with zero attached hydrogens (tertiary/aromatic N) is 3. The smallest absolute Gasteiger partial charge is 0.274 e. The average Bonchev–Trinajstić information content (AvgIpc) is 2.55. The second-order valence-corrected chi connectivity index (χ2v) is 5.69. The van der Waals surface area contributed by atoms with Crippen LogP contribution in [0.5, 0.6) is 0 Å². The van der Waals surface area contributed by atoms with Crippen molar-refractivity contribution in [2.75, 3.05) is 36.5 Å². The van der Waals surface area contributed by atoms with E-state index in [0.29, 0.717) is 18.9 Å². The van der Waals surface area contributed by atoms with Crippen LogP contribution in [0.25, 0.3) is 0 Å². The quantitative estimate of drug-likeness (QED) is 0.941. The molecule has 1 fully saturated rings. The third-order valence-corrected chi connectivity index (χ3v) is 3.70. The Balaban J connectivity index is 1.76. The molecule has 23 heavy (non-hydrogen) atoms. The standard InChI is InChI=1S/C17H20N4O2/c1-12-7-13(2)9-14(8-12)20-17(22)15-10-16(19-11-18-15)21-3-5-23-6-4-21/h7-11H,3-6H2,1-2H3,(H,20,22). The van der Waals surface area contributed by atoms with Crippen LogP contribution in [0.2, 0.25) is 0 Å². The third kappa shape index (κ3) is 3.84. The van der Waals surface area contributed by atoms with E-state index in [0.717, 1.165) is 35.7 Å². The van der Waals surface area contributed by atoms with Gasteiger partial charge in [0.1, 0.15) is 17.8 Å². The number of rotatable bonds is 3. The molecule has 120 valence electrons. The fourth-order valence-corrected chi connectivity index (χ4v) is 2.68. The van der Waals surface area contributed by atoms with Crippen LogP contribution in [-0.4, -0.2) is 42.2 Å². The average molecular weight is 312 g/mol. The van der Waals surface area contributed by atoms with Crippen LogP contribution in [0.3, 0.4) is 0 Å². The summed E-state index contributed by atoms with van der Waals surface area (Å²) in [5.74, 6) is 0.529. The molecule has 1 N–H and O–H groups in total. The number of amides is 1. The molecular formula is C17H20N4O2. The Morgan fingerprint density at radius 3 is 2.48 bits per heavy atom. The van der Waals surface area contributed by atoms with E-state index in [4.69, 9.17) is 4.74 Å². The molecule has 6 heteroatoms. The fourth-order valence-electron chi connectivity index (χ4n) is 2.68. The minimum atomic E-state index is -0.230. The molecule has 0 radical (unpaired) electrons. The van der Waals surface area contributed by atoms with Gasteiger partial charge in [-0.1, -0.05) is 6.07 Å².